The van der Waals surface area contributed by atoms with Gasteiger partial charge < -0.3 is 14.8 Å². The Hall–Kier alpha value is -4.55. The zero-order chi connectivity index (χ0) is 22.8. The number of ether oxygens (including phenoxy) is 2. The molecule has 1 N–H and O–H groups in total. The Bertz CT molecular complexity index is 1200. The lowest BCUT2D eigenvalue weighted by molar-refractivity contribution is -0.117. The summed E-state index contributed by atoms with van der Waals surface area (Å²) in [7, 11) is 1.59. The highest BCUT2D eigenvalue weighted by molar-refractivity contribution is 6.01. The van der Waals surface area contributed by atoms with Gasteiger partial charge in [0.05, 0.1) is 18.7 Å². The van der Waals surface area contributed by atoms with Gasteiger partial charge in [0.15, 0.2) is 0 Å². The first-order valence-corrected chi connectivity index (χ1v) is 9.87. The van der Waals surface area contributed by atoms with E-state index in [0.29, 0.717) is 16.9 Å². The average molecular weight is 423 g/mol. The number of para-hydroxylation sites is 1. The van der Waals surface area contributed by atoms with Gasteiger partial charge in [-0.2, -0.15) is 10.5 Å². The number of methoxy groups -OCH3 is 1. The van der Waals surface area contributed by atoms with Crippen molar-refractivity contribution < 1.29 is 14.3 Å². The van der Waals surface area contributed by atoms with Gasteiger partial charge in [0.25, 0.3) is 5.91 Å². The van der Waals surface area contributed by atoms with E-state index in [-0.39, 0.29) is 18.7 Å². The van der Waals surface area contributed by atoms with Gasteiger partial charge in [-0.15, -0.1) is 0 Å². The third-order valence-corrected chi connectivity index (χ3v) is 4.72. The van der Waals surface area contributed by atoms with Crippen molar-refractivity contribution in [3.8, 4) is 23.6 Å². The number of hydrogen-bond acceptors (Lipinski definition) is 5. The van der Waals surface area contributed by atoms with Gasteiger partial charge >= 0.3 is 0 Å². The predicted molar refractivity (Wildman–Crippen MR) is 120 cm³/mol. The number of nitriles is 2. The van der Waals surface area contributed by atoms with Crippen LogP contribution in [0.1, 0.15) is 22.3 Å². The van der Waals surface area contributed by atoms with E-state index in [1.54, 1.807) is 55.6 Å². The smallest absolute Gasteiger partial charge is 0.262 e. The monoisotopic (exact) mass is 423 g/mol. The molecular weight excluding hydrogens is 402 g/mol. The van der Waals surface area contributed by atoms with Gasteiger partial charge in [0, 0.05) is 17.7 Å². The molecule has 158 valence electrons. The predicted octanol–water partition coefficient (Wildman–Crippen LogP) is 4.37. The maximum atomic E-state index is 12.5. The quantitative estimate of drug-likeness (QED) is 0.429. The second-order valence-electron chi connectivity index (χ2n) is 6.80. The molecule has 3 rings (SSSR count). The van der Waals surface area contributed by atoms with Gasteiger partial charge in [0.2, 0.25) is 0 Å². The van der Waals surface area contributed by atoms with E-state index in [2.05, 4.69) is 11.4 Å². The summed E-state index contributed by atoms with van der Waals surface area (Å²) in [5.74, 6) is 0.760. The minimum atomic E-state index is -0.479. The molecule has 6 nitrogen and oxygen atoms in total. The molecule has 0 spiro atoms. The molecule has 0 bridgehead atoms. The van der Waals surface area contributed by atoms with Crippen LogP contribution < -0.4 is 14.8 Å². The normalized spacial score (nSPS) is 10.5. The fourth-order valence-electron chi connectivity index (χ4n) is 2.97. The van der Waals surface area contributed by atoms with Gasteiger partial charge in [-0.1, -0.05) is 48.5 Å². The van der Waals surface area contributed by atoms with Crippen molar-refractivity contribution in [1.82, 2.24) is 5.32 Å². The molecule has 6 heteroatoms. The van der Waals surface area contributed by atoms with Crippen molar-refractivity contribution in [1.29, 1.82) is 10.5 Å². The summed E-state index contributed by atoms with van der Waals surface area (Å²) in [5.41, 5.74) is 2.74. The summed E-state index contributed by atoms with van der Waals surface area (Å²) in [6.07, 6.45) is 1.49. The molecule has 32 heavy (non-hydrogen) atoms. The van der Waals surface area contributed by atoms with E-state index in [0.717, 1.165) is 16.9 Å². The lowest BCUT2D eigenvalue weighted by Crippen LogP contribution is -2.23. The van der Waals surface area contributed by atoms with Crippen molar-refractivity contribution >= 4 is 12.0 Å². The Kier molecular flexibility index (Phi) is 7.62. The highest BCUT2D eigenvalue weighted by atomic mass is 16.5. The average Bonchev–Trinajstić information content (AvgIpc) is 2.85. The molecule has 3 aromatic rings. The van der Waals surface area contributed by atoms with Crippen molar-refractivity contribution in [3.05, 3.63) is 101 Å². The van der Waals surface area contributed by atoms with E-state index in [4.69, 9.17) is 9.47 Å². The first kappa shape index (κ1) is 22.1. The molecule has 0 heterocycles. The van der Waals surface area contributed by atoms with Crippen molar-refractivity contribution in [2.75, 3.05) is 7.11 Å². The van der Waals surface area contributed by atoms with Gasteiger partial charge in [-0.25, -0.2) is 0 Å². The topological polar surface area (TPSA) is 95.1 Å². The first-order valence-electron chi connectivity index (χ1n) is 9.87. The van der Waals surface area contributed by atoms with Gasteiger partial charge in [0.1, 0.15) is 29.7 Å². The van der Waals surface area contributed by atoms with Crippen LogP contribution in [0, 0.1) is 22.7 Å². The highest BCUT2D eigenvalue weighted by Gasteiger charge is 2.11. The molecule has 0 radical (unpaired) electrons. The number of nitrogens with zero attached hydrogens (tertiary/aromatic N) is 2. The highest BCUT2D eigenvalue weighted by Crippen LogP contribution is 2.23. The Labute approximate surface area is 186 Å². The molecule has 1 amide bonds. The van der Waals surface area contributed by atoms with Crippen LogP contribution in [0.4, 0.5) is 0 Å². The second-order valence-corrected chi connectivity index (χ2v) is 6.80. The fourth-order valence-corrected chi connectivity index (χ4v) is 2.97. The number of carbonyl (C=O) groups excluding carboxylic acids is 1. The van der Waals surface area contributed by atoms with Crippen LogP contribution in [0.2, 0.25) is 0 Å². The number of benzene rings is 3. The molecule has 0 aliphatic carbocycles. The van der Waals surface area contributed by atoms with Crippen LogP contribution in [0.25, 0.3) is 6.08 Å². The number of rotatable bonds is 8. The van der Waals surface area contributed by atoms with E-state index in [1.165, 1.54) is 6.08 Å². The fraction of sp³-hybridized carbons (Fsp3) is 0.115. The molecule has 0 saturated heterocycles. The van der Waals surface area contributed by atoms with Crippen LogP contribution in [-0.2, 0) is 17.9 Å². The molecule has 0 unspecified atom stereocenters. The molecule has 0 fully saturated rings. The SMILES string of the molecule is COc1ccc(CNC(=O)/C(C#N)=C\c2ccccc2OCc2ccccc2C#N)cc1. The van der Waals surface area contributed by atoms with Crippen molar-refractivity contribution in [2.45, 2.75) is 13.2 Å². The summed E-state index contributed by atoms with van der Waals surface area (Å²) in [6, 6.07) is 25.7. The van der Waals surface area contributed by atoms with Crippen LogP contribution in [0.3, 0.4) is 0 Å². The molecule has 0 saturated carbocycles. The van der Waals surface area contributed by atoms with E-state index in [9.17, 15) is 15.3 Å². The summed E-state index contributed by atoms with van der Waals surface area (Å²) in [6.45, 7) is 0.477. The van der Waals surface area contributed by atoms with E-state index < -0.39 is 5.91 Å². The third-order valence-electron chi connectivity index (χ3n) is 4.72. The summed E-state index contributed by atoms with van der Waals surface area (Å²) in [5, 5.41) is 21.5. The zero-order valence-corrected chi connectivity index (χ0v) is 17.5. The number of nitrogens with one attached hydrogen (secondary N) is 1. The van der Waals surface area contributed by atoms with Crippen LogP contribution in [0.15, 0.2) is 78.4 Å². The lowest BCUT2D eigenvalue weighted by Gasteiger charge is -2.11. The molecule has 0 aliphatic heterocycles. The maximum Gasteiger partial charge on any atom is 0.262 e. The Morgan fingerprint density at radius 2 is 1.72 bits per heavy atom. The number of hydrogen-bond donors (Lipinski definition) is 1. The Balaban J connectivity index is 1.71. The summed E-state index contributed by atoms with van der Waals surface area (Å²) in [4.78, 5) is 12.5. The largest absolute Gasteiger partial charge is 0.497 e. The third kappa shape index (κ3) is 5.75. The Morgan fingerprint density at radius 1 is 1.00 bits per heavy atom. The van der Waals surface area contributed by atoms with E-state index >= 15 is 0 Å². The Morgan fingerprint density at radius 3 is 2.44 bits per heavy atom. The van der Waals surface area contributed by atoms with Crippen LogP contribution in [-0.4, -0.2) is 13.0 Å². The van der Waals surface area contributed by atoms with Crippen LogP contribution >= 0.6 is 0 Å². The van der Waals surface area contributed by atoms with Crippen molar-refractivity contribution in [2.24, 2.45) is 0 Å². The minimum Gasteiger partial charge on any atom is -0.497 e. The van der Waals surface area contributed by atoms with Gasteiger partial charge in [-0.3, -0.25) is 4.79 Å². The number of amides is 1. The zero-order valence-electron chi connectivity index (χ0n) is 17.5. The van der Waals surface area contributed by atoms with Crippen molar-refractivity contribution in [3.63, 3.8) is 0 Å². The summed E-state index contributed by atoms with van der Waals surface area (Å²) < 4.78 is 11.0. The summed E-state index contributed by atoms with van der Waals surface area (Å²) >= 11 is 0. The molecular formula is C26H21N3O3. The lowest BCUT2D eigenvalue weighted by atomic mass is 10.1. The first-order chi connectivity index (χ1) is 15.6. The van der Waals surface area contributed by atoms with E-state index in [1.807, 2.05) is 30.3 Å². The molecule has 0 aromatic heterocycles. The minimum absolute atomic E-state index is 0.0352. The maximum absolute atomic E-state index is 12.5. The van der Waals surface area contributed by atoms with Crippen LogP contribution in [0.5, 0.6) is 11.5 Å². The molecule has 0 aliphatic rings. The number of carbonyl (C=O) groups is 1. The second kappa shape index (κ2) is 11.0. The molecule has 0 atom stereocenters. The standard InChI is InChI=1S/C26H21N3O3/c1-31-24-12-10-19(11-13-24)17-29-26(30)23(16-28)14-20-6-4-5-9-25(20)32-18-22-8-3-2-7-21(22)15-27/h2-14H,17-18H2,1H3,(H,29,30)/b23-14-. The van der Waals surface area contributed by atoms with Gasteiger partial charge in [-0.05, 0) is 35.9 Å². The molecule has 3 aromatic carbocycles.